The highest BCUT2D eigenvalue weighted by atomic mass is 35.5. The molecule has 0 fully saturated rings. The number of hydrogen-bond acceptors (Lipinski definition) is 3. The molecule has 1 aromatic rings. The molecule has 104 valence electrons. The SMILES string of the molecule is CCNC(=O)CN(CC)C(=O)c1cc(O)ccc1Cl. The average molecular weight is 285 g/mol. The number of hydrogen-bond donors (Lipinski definition) is 2. The summed E-state index contributed by atoms with van der Waals surface area (Å²) in [5.74, 6) is -0.648. The second kappa shape index (κ2) is 6.99. The van der Waals surface area contributed by atoms with E-state index in [0.717, 1.165) is 0 Å². The number of carbonyl (C=O) groups excluding carboxylic acids is 2. The van der Waals surface area contributed by atoms with Gasteiger partial charge in [0, 0.05) is 13.1 Å². The molecule has 5 nitrogen and oxygen atoms in total. The third-order valence-corrected chi connectivity index (χ3v) is 2.89. The summed E-state index contributed by atoms with van der Waals surface area (Å²) >= 11 is 5.93. The van der Waals surface area contributed by atoms with Crippen molar-refractivity contribution in [1.82, 2.24) is 10.2 Å². The first-order valence-electron chi connectivity index (χ1n) is 6.04. The van der Waals surface area contributed by atoms with Gasteiger partial charge >= 0.3 is 0 Å². The third-order valence-electron chi connectivity index (χ3n) is 2.56. The van der Waals surface area contributed by atoms with Crippen LogP contribution in [-0.4, -0.2) is 41.5 Å². The van der Waals surface area contributed by atoms with Crippen LogP contribution in [0.4, 0.5) is 0 Å². The van der Waals surface area contributed by atoms with E-state index in [2.05, 4.69) is 5.32 Å². The molecule has 0 aromatic heterocycles. The minimum atomic E-state index is -0.380. The van der Waals surface area contributed by atoms with Crippen LogP contribution in [0.3, 0.4) is 0 Å². The normalized spacial score (nSPS) is 10.1. The number of phenols is 1. The molecule has 1 aromatic carbocycles. The number of aromatic hydroxyl groups is 1. The van der Waals surface area contributed by atoms with Gasteiger partial charge in [-0.1, -0.05) is 11.6 Å². The van der Waals surface area contributed by atoms with Crippen molar-refractivity contribution in [3.8, 4) is 5.75 Å². The quantitative estimate of drug-likeness (QED) is 0.864. The van der Waals surface area contributed by atoms with Gasteiger partial charge in [0.25, 0.3) is 5.91 Å². The second-order valence-corrected chi connectivity index (χ2v) is 4.34. The summed E-state index contributed by atoms with van der Waals surface area (Å²) in [4.78, 5) is 25.1. The maximum Gasteiger partial charge on any atom is 0.255 e. The Hall–Kier alpha value is -1.75. The van der Waals surface area contributed by atoms with E-state index >= 15 is 0 Å². The molecule has 0 atom stereocenters. The maximum absolute atomic E-state index is 12.2. The number of nitrogens with zero attached hydrogens (tertiary/aromatic N) is 1. The van der Waals surface area contributed by atoms with Crippen molar-refractivity contribution in [2.45, 2.75) is 13.8 Å². The van der Waals surface area contributed by atoms with E-state index < -0.39 is 0 Å². The Kier molecular flexibility index (Phi) is 5.63. The molecule has 6 heteroatoms. The van der Waals surface area contributed by atoms with E-state index in [1.807, 2.05) is 6.92 Å². The fourth-order valence-electron chi connectivity index (χ4n) is 1.60. The van der Waals surface area contributed by atoms with Crippen LogP contribution in [0.15, 0.2) is 18.2 Å². The number of phenolic OH excluding ortho intramolecular Hbond substituents is 1. The zero-order valence-electron chi connectivity index (χ0n) is 10.9. The Balaban J connectivity index is 2.89. The van der Waals surface area contributed by atoms with Crippen LogP contribution in [0.5, 0.6) is 5.75 Å². The fourth-order valence-corrected chi connectivity index (χ4v) is 1.80. The van der Waals surface area contributed by atoms with Crippen molar-refractivity contribution in [3.63, 3.8) is 0 Å². The smallest absolute Gasteiger partial charge is 0.255 e. The van der Waals surface area contributed by atoms with E-state index in [9.17, 15) is 14.7 Å². The largest absolute Gasteiger partial charge is 0.508 e. The van der Waals surface area contributed by atoms with Crippen LogP contribution in [0.25, 0.3) is 0 Å². The molecule has 0 spiro atoms. The Morgan fingerprint density at radius 1 is 1.37 bits per heavy atom. The molecule has 0 aliphatic rings. The van der Waals surface area contributed by atoms with Gasteiger partial charge in [0.05, 0.1) is 17.1 Å². The van der Waals surface area contributed by atoms with Crippen molar-refractivity contribution >= 4 is 23.4 Å². The Morgan fingerprint density at radius 2 is 2.05 bits per heavy atom. The summed E-state index contributed by atoms with van der Waals surface area (Å²) < 4.78 is 0. The van der Waals surface area contributed by atoms with Crippen molar-refractivity contribution < 1.29 is 14.7 Å². The number of benzene rings is 1. The molecule has 2 N–H and O–H groups in total. The fraction of sp³-hybridized carbons (Fsp3) is 0.385. The molecule has 0 aliphatic heterocycles. The lowest BCUT2D eigenvalue weighted by molar-refractivity contribution is -0.121. The first-order chi connectivity index (χ1) is 8.99. The Labute approximate surface area is 117 Å². The first-order valence-corrected chi connectivity index (χ1v) is 6.41. The topological polar surface area (TPSA) is 69.6 Å². The minimum absolute atomic E-state index is 0.0326. The second-order valence-electron chi connectivity index (χ2n) is 3.94. The summed E-state index contributed by atoms with van der Waals surface area (Å²) in [6.45, 7) is 4.44. The molecule has 1 rings (SSSR count). The highest BCUT2D eigenvalue weighted by Crippen LogP contribution is 2.22. The highest BCUT2D eigenvalue weighted by Gasteiger charge is 2.19. The van der Waals surface area contributed by atoms with E-state index in [1.165, 1.54) is 23.1 Å². The van der Waals surface area contributed by atoms with Crippen LogP contribution in [0.2, 0.25) is 5.02 Å². The van der Waals surface area contributed by atoms with E-state index in [4.69, 9.17) is 11.6 Å². The zero-order chi connectivity index (χ0) is 14.4. The molecule has 19 heavy (non-hydrogen) atoms. The van der Waals surface area contributed by atoms with Crippen molar-refractivity contribution in [2.24, 2.45) is 0 Å². The summed E-state index contributed by atoms with van der Waals surface area (Å²) in [6, 6.07) is 4.15. The highest BCUT2D eigenvalue weighted by molar-refractivity contribution is 6.33. The maximum atomic E-state index is 12.2. The van der Waals surface area contributed by atoms with Crippen molar-refractivity contribution in [3.05, 3.63) is 28.8 Å². The predicted molar refractivity (Wildman–Crippen MR) is 73.4 cm³/mol. The number of nitrogens with one attached hydrogen (secondary N) is 1. The van der Waals surface area contributed by atoms with Gasteiger partial charge in [-0.15, -0.1) is 0 Å². The lowest BCUT2D eigenvalue weighted by Gasteiger charge is -2.20. The van der Waals surface area contributed by atoms with Crippen LogP contribution >= 0.6 is 11.6 Å². The van der Waals surface area contributed by atoms with E-state index in [1.54, 1.807) is 6.92 Å². The Bertz CT molecular complexity index is 477. The van der Waals surface area contributed by atoms with Gasteiger partial charge in [0.2, 0.25) is 5.91 Å². The summed E-state index contributed by atoms with van der Waals surface area (Å²) in [5, 5.41) is 12.3. The molecule has 0 heterocycles. The molecule has 0 aliphatic carbocycles. The monoisotopic (exact) mass is 284 g/mol. The average Bonchev–Trinajstić information content (AvgIpc) is 2.38. The number of rotatable bonds is 5. The standard InChI is InChI=1S/C13H17ClN2O3/c1-3-15-12(18)8-16(4-2)13(19)10-7-9(17)5-6-11(10)14/h5-7,17H,3-4,8H2,1-2H3,(H,15,18). The van der Waals surface area contributed by atoms with Crippen LogP contribution in [-0.2, 0) is 4.79 Å². The molecular formula is C13H17ClN2O3. The zero-order valence-corrected chi connectivity index (χ0v) is 11.7. The van der Waals surface area contributed by atoms with E-state index in [-0.39, 0.29) is 34.7 Å². The van der Waals surface area contributed by atoms with E-state index in [0.29, 0.717) is 13.1 Å². The van der Waals surface area contributed by atoms with Gasteiger partial charge in [0.1, 0.15) is 5.75 Å². The summed E-state index contributed by atoms with van der Waals surface area (Å²) in [5.41, 5.74) is 0.188. The van der Waals surface area contributed by atoms with Crippen LogP contribution in [0, 0.1) is 0 Å². The minimum Gasteiger partial charge on any atom is -0.508 e. The number of amides is 2. The van der Waals surface area contributed by atoms with Gasteiger partial charge in [-0.05, 0) is 32.0 Å². The molecule has 0 bridgehead atoms. The molecule has 0 saturated carbocycles. The van der Waals surface area contributed by atoms with Crippen molar-refractivity contribution in [1.29, 1.82) is 0 Å². The van der Waals surface area contributed by atoms with Gasteiger partial charge in [-0.2, -0.15) is 0 Å². The van der Waals surface area contributed by atoms with Gasteiger partial charge in [-0.25, -0.2) is 0 Å². The molecule has 0 radical (unpaired) electrons. The van der Waals surface area contributed by atoms with Gasteiger partial charge in [-0.3, -0.25) is 9.59 Å². The van der Waals surface area contributed by atoms with Gasteiger partial charge < -0.3 is 15.3 Å². The molecule has 0 saturated heterocycles. The molecule has 0 unspecified atom stereocenters. The van der Waals surface area contributed by atoms with Gasteiger partial charge in [0.15, 0.2) is 0 Å². The third kappa shape index (κ3) is 4.13. The summed E-state index contributed by atoms with van der Waals surface area (Å²) in [7, 11) is 0. The lowest BCUT2D eigenvalue weighted by Crippen LogP contribution is -2.40. The summed E-state index contributed by atoms with van der Waals surface area (Å²) in [6.07, 6.45) is 0. The molecular weight excluding hydrogens is 268 g/mol. The van der Waals surface area contributed by atoms with Crippen LogP contribution < -0.4 is 5.32 Å². The van der Waals surface area contributed by atoms with Crippen LogP contribution in [0.1, 0.15) is 24.2 Å². The lowest BCUT2D eigenvalue weighted by atomic mass is 10.2. The Morgan fingerprint density at radius 3 is 2.63 bits per heavy atom. The van der Waals surface area contributed by atoms with Crippen molar-refractivity contribution in [2.75, 3.05) is 19.6 Å². The predicted octanol–water partition coefficient (Wildman–Crippen LogP) is 1.64. The molecule has 2 amide bonds. The number of carbonyl (C=O) groups is 2. The number of likely N-dealkylation sites (N-methyl/N-ethyl adjacent to an activating group) is 2. The number of halogens is 1. The first kappa shape index (κ1) is 15.3.